The summed E-state index contributed by atoms with van der Waals surface area (Å²) < 4.78 is 0. The highest BCUT2D eigenvalue weighted by atomic mass is 16.2. The Morgan fingerprint density at radius 3 is 2.42 bits per heavy atom. The molecule has 0 unspecified atom stereocenters. The molecule has 1 saturated heterocycles. The van der Waals surface area contributed by atoms with Crippen molar-refractivity contribution in [2.75, 3.05) is 6.54 Å². The van der Waals surface area contributed by atoms with Crippen LogP contribution in [0.3, 0.4) is 0 Å². The lowest BCUT2D eigenvalue weighted by atomic mass is 9.92. The van der Waals surface area contributed by atoms with Crippen molar-refractivity contribution in [1.82, 2.24) is 5.32 Å². The zero-order chi connectivity index (χ0) is 8.97. The van der Waals surface area contributed by atoms with Gasteiger partial charge in [0, 0.05) is 12.8 Å². The van der Waals surface area contributed by atoms with Gasteiger partial charge in [0.1, 0.15) is 0 Å². The third-order valence-electron chi connectivity index (χ3n) is 2.04. The van der Waals surface area contributed by atoms with E-state index in [1.807, 2.05) is 0 Å². The predicted octanol–water partition coefficient (Wildman–Crippen LogP) is -0.222. The van der Waals surface area contributed by atoms with Gasteiger partial charge >= 0.3 is 0 Å². The van der Waals surface area contributed by atoms with Crippen LogP contribution in [-0.2, 0) is 9.59 Å². The number of imide groups is 1. The summed E-state index contributed by atoms with van der Waals surface area (Å²) in [7, 11) is 0. The van der Waals surface area contributed by atoms with E-state index in [9.17, 15) is 9.59 Å². The molecule has 1 heterocycles. The molecule has 1 fully saturated rings. The van der Waals surface area contributed by atoms with Crippen LogP contribution >= 0.6 is 0 Å². The molecule has 0 aromatic rings. The van der Waals surface area contributed by atoms with Gasteiger partial charge in [0.25, 0.3) is 0 Å². The van der Waals surface area contributed by atoms with Gasteiger partial charge in [-0.25, -0.2) is 0 Å². The summed E-state index contributed by atoms with van der Waals surface area (Å²) in [6, 6.07) is 0. The van der Waals surface area contributed by atoms with Gasteiger partial charge in [0.2, 0.25) is 11.8 Å². The van der Waals surface area contributed by atoms with Crippen molar-refractivity contribution < 1.29 is 9.59 Å². The Bertz CT molecular complexity index is 175. The minimum Gasteiger partial charge on any atom is -0.330 e. The molecule has 2 amide bonds. The molecule has 0 aliphatic carbocycles. The van der Waals surface area contributed by atoms with Crippen molar-refractivity contribution in [3.05, 3.63) is 0 Å². The first-order valence-corrected chi connectivity index (χ1v) is 4.25. The summed E-state index contributed by atoms with van der Waals surface area (Å²) in [5, 5.41) is 2.28. The summed E-state index contributed by atoms with van der Waals surface area (Å²) >= 11 is 0. The van der Waals surface area contributed by atoms with Crippen LogP contribution in [0.25, 0.3) is 0 Å². The molecule has 1 rings (SSSR count). The van der Waals surface area contributed by atoms with Crippen LogP contribution in [0.15, 0.2) is 0 Å². The molecule has 4 nitrogen and oxygen atoms in total. The van der Waals surface area contributed by atoms with E-state index in [1.54, 1.807) is 0 Å². The molecule has 0 saturated carbocycles. The first kappa shape index (κ1) is 9.19. The Morgan fingerprint density at radius 1 is 1.33 bits per heavy atom. The molecule has 0 bridgehead atoms. The lowest BCUT2D eigenvalue weighted by Crippen LogP contribution is -2.38. The maximum absolute atomic E-state index is 10.9. The van der Waals surface area contributed by atoms with E-state index in [4.69, 9.17) is 5.73 Å². The smallest absolute Gasteiger partial charge is 0.226 e. The monoisotopic (exact) mass is 170 g/mol. The minimum atomic E-state index is -0.145. The Balaban J connectivity index is 2.34. The second kappa shape index (κ2) is 4.21. The Labute approximate surface area is 71.5 Å². The standard InChI is InChI=1S/C8H14N2O2/c9-3-1-2-6-4-7(11)10-8(12)5-6/h6H,1-5,9H2,(H,10,11,12). The Morgan fingerprint density at radius 2 is 1.92 bits per heavy atom. The average molecular weight is 170 g/mol. The zero-order valence-corrected chi connectivity index (χ0v) is 7.01. The summed E-state index contributed by atoms with van der Waals surface area (Å²) in [5.74, 6) is -0.0728. The lowest BCUT2D eigenvalue weighted by molar-refractivity contribution is -0.134. The van der Waals surface area contributed by atoms with Gasteiger partial charge in [-0.3, -0.25) is 14.9 Å². The number of carbonyl (C=O) groups excluding carboxylic acids is 2. The molecule has 4 heteroatoms. The third-order valence-corrected chi connectivity index (χ3v) is 2.04. The molecule has 0 atom stereocenters. The number of piperidine rings is 1. The van der Waals surface area contributed by atoms with Crippen LogP contribution in [0.2, 0.25) is 0 Å². The van der Waals surface area contributed by atoms with Crippen LogP contribution in [0.5, 0.6) is 0 Å². The summed E-state index contributed by atoms with van der Waals surface area (Å²) in [5.41, 5.74) is 5.33. The van der Waals surface area contributed by atoms with E-state index in [0.29, 0.717) is 19.4 Å². The van der Waals surface area contributed by atoms with E-state index in [2.05, 4.69) is 5.32 Å². The first-order chi connectivity index (χ1) is 5.72. The highest BCUT2D eigenvalue weighted by Crippen LogP contribution is 2.18. The molecule has 1 aliphatic rings. The van der Waals surface area contributed by atoms with Crippen molar-refractivity contribution >= 4 is 11.8 Å². The van der Waals surface area contributed by atoms with Crippen LogP contribution in [0, 0.1) is 5.92 Å². The average Bonchev–Trinajstić information content (AvgIpc) is 1.99. The van der Waals surface area contributed by atoms with E-state index in [0.717, 1.165) is 12.8 Å². The van der Waals surface area contributed by atoms with Gasteiger partial charge in [-0.05, 0) is 25.3 Å². The summed E-state index contributed by atoms with van der Waals surface area (Å²) in [4.78, 5) is 21.8. The number of nitrogens with one attached hydrogen (secondary N) is 1. The zero-order valence-electron chi connectivity index (χ0n) is 7.01. The van der Waals surface area contributed by atoms with Gasteiger partial charge < -0.3 is 5.73 Å². The van der Waals surface area contributed by atoms with Crippen molar-refractivity contribution in [3.8, 4) is 0 Å². The fourth-order valence-electron chi connectivity index (χ4n) is 1.46. The minimum absolute atomic E-state index is 0.145. The molecule has 0 spiro atoms. The second-order valence-electron chi connectivity index (χ2n) is 3.18. The number of nitrogens with two attached hydrogens (primary N) is 1. The number of hydrogen-bond donors (Lipinski definition) is 2. The SMILES string of the molecule is NCCCC1CC(=O)NC(=O)C1. The highest BCUT2D eigenvalue weighted by molar-refractivity contribution is 5.97. The van der Waals surface area contributed by atoms with Crippen molar-refractivity contribution in [1.29, 1.82) is 0 Å². The van der Waals surface area contributed by atoms with Crippen molar-refractivity contribution in [2.24, 2.45) is 11.7 Å². The van der Waals surface area contributed by atoms with Gasteiger partial charge in [-0.2, -0.15) is 0 Å². The number of rotatable bonds is 3. The topological polar surface area (TPSA) is 72.2 Å². The maximum atomic E-state index is 10.9. The summed E-state index contributed by atoms with van der Waals surface area (Å²) in [6.45, 7) is 0.631. The molecular weight excluding hydrogens is 156 g/mol. The van der Waals surface area contributed by atoms with E-state index in [-0.39, 0.29) is 17.7 Å². The third kappa shape index (κ3) is 2.62. The van der Waals surface area contributed by atoms with Crippen LogP contribution in [-0.4, -0.2) is 18.4 Å². The van der Waals surface area contributed by atoms with Crippen LogP contribution in [0.4, 0.5) is 0 Å². The predicted molar refractivity (Wildman–Crippen MR) is 44.2 cm³/mol. The van der Waals surface area contributed by atoms with Gasteiger partial charge in [-0.15, -0.1) is 0 Å². The fourth-order valence-corrected chi connectivity index (χ4v) is 1.46. The largest absolute Gasteiger partial charge is 0.330 e. The number of hydrogen-bond acceptors (Lipinski definition) is 3. The van der Waals surface area contributed by atoms with Gasteiger partial charge in [0.15, 0.2) is 0 Å². The van der Waals surface area contributed by atoms with E-state index >= 15 is 0 Å². The quantitative estimate of drug-likeness (QED) is 0.575. The van der Waals surface area contributed by atoms with Crippen molar-refractivity contribution in [3.63, 3.8) is 0 Å². The van der Waals surface area contributed by atoms with Crippen molar-refractivity contribution in [2.45, 2.75) is 25.7 Å². The normalized spacial score (nSPS) is 19.4. The molecule has 0 aromatic carbocycles. The Hall–Kier alpha value is -0.900. The fraction of sp³-hybridized carbons (Fsp3) is 0.750. The number of carbonyl (C=O) groups is 2. The molecule has 12 heavy (non-hydrogen) atoms. The molecule has 1 aliphatic heterocycles. The van der Waals surface area contributed by atoms with E-state index in [1.165, 1.54) is 0 Å². The van der Waals surface area contributed by atoms with Gasteiger partial charge in [0.05, 0.1) is 0 Å². The number of amides is 2. The van der Waals surface area contributed by atoms with E-state index < -0.39 is 0 Å². The Kier molecular flexibility index (Phi) is 3.22. The van der Waals surface area contributed by atoms with Gasteiger partial charge in [-0.1, -0.05) is 0 Å². The molecule has 3 N–H and O–H groups in total. The van der Waals surface area contributed by atoms with Crippen LogP contribution in [0.1, 0.15) is 25.7 Å². The molecule has 68 valence electrons. The van der Waals surface area contributed by atoms with Crippen LogP contribution < -0.4 is 11.1 Å². The lowest BCUT2D eigenvalue weighted by Gasteiger charge is -2.20. The molecule has 0 aromatic heterocycles. The maximum Gasteiger partial charge on any atom is 0.226 e. The molecular formula is C8H14N2O2. The first-order valence-electron chi connectivity index (χ1n) is 4.25. The highest BCUT2D eigenvalue weighted by Gasteiger charge is 2.23. The second-order valence-corrected chi connectivity index (χ2v) is 3.18. The summed E-state index contributed by atoms with van der Waals surface area (Å²) in [6.07, 6.45) is 2.73. The molecule has 0 radical (unpaired) electrons.